The summed E-state index contributed by atoms with van der Waals surface area (Å²) in [5.74, 6) is 0.873. The fraction of sp³-hybridized carbons (Fsp3) is 0.600. The Morgan fingerprint density at radius 2 is 1.85 bits per heavy atom. The average Bonchev–Trinajstić information content (AvgIpc) is 2.63. The molecule has 1 saturated heterocycles. The van der Waals surface area contributed by atoms with Gasteiger partial charge in [-0.25, -0.2) is 4.99 Å². The van der Waals surface area contributed by atoms with Gasteiger partial charge < -0.3 is 20.0 Å². The van der Waals surface area contributed by atoms with E-state index in [4.69, 9.17) is 0 Å². The number of hydrogen-bond donors (Lipinski definition) is 1. The predicted octanol–water partition coefficient (Wildman–Crippen LogP) is 2.49. The number of nitrogens with zero attached hydrogens (tertiary/aromatic N) is 4. The lowest BCUT2D eigenvalue weighted by molar-refractivity contribution is -0.127. The van der Waals surface area contributed by atoms with Gasteiger partial charge in [-0.3, -0.25) is 4.79 Å². The van der Waals surface area contributed by atoms with Gasteiger partial charge in [-0.15, -0.1) is 24.0 Å². The number of benzene rings is 1. The molecule has 1 aliphatic heterocycles. The van der Waals surface area contributed by atoms with Crippen LogP contribution in [0.15, 0.2) is 23.2 Å². The lowest BCUT2D eigenvalue weighted by atomic mass is 10.1. The second-order valence-corrected chi connectivity index (χ2v) is 7.12. The summed E-state index contributed by atoms with van der Waals surface area (Å²) in [5.41, 5.74) is 3.94. The van der Waals surface area contributed by atoms with Crippen LogP contribution in [0.3, 0.4) is 0 Å². The minimum atomic E-state index is 0. The molecule has 1 N–H and O–H groups in total. The Balaban J connectivity index is 0.00000364. The van der Waals surface area contributed by atoms with Gasteiger partial charge in [0.05, 0.1) is 0 Å². The fourth-order valence-electron chi connectivity index (χ4n) is 3.01. The molecule has 2 rings (SSSR count). The van der Waals surface area contributed by atoms with Crippen LogP contribution in [-0.2, 0) is 4.79 Å². The highest BCUT2D eigenvalue weighted by atomic mass is 127. The van der Waals surface area contributed by atoms with Crippen LogP contribution in [0.1, 0.15) is 24.5 Å². The summed E-state index contributed by atoms with van der Waals surface area (Å²) in [6.45, 7) is 11.2. The van der Waals surface area contributed by atoms with Gasteiger partial charge >= 0.3 is 0 Å². The summed E-state index contributed by atoms with van der Waals surface area (Å²) in [5, 5.41) is 3.40. The van der Waals surface area contributed by atoms with Crippen molar-refractivity contribution in [3.63, 3.8) is 0 Å². The first kappa shape index (κ1) is 23.5. The van der Waals surface area contributed by atoms with E-state index in [1.165, 1.54) is 16.8 Å². The molecule has 0 aliphatic carbocycles. The number of nitrogens with one attached hydrogen (secondary N) is 1. The zero-order valence-corrected chi connectivity index (χ0v) is 19.6. The Bertz CT molecular complexity index is 639. The van der Waals surface area contributed by atoms with Crippen molar-refractivity contribution in [2.75, 3.05) is 58.3 Å². The molecule has 27 heavy (non-hydrogen) atoms. The standard InChI is InChI=1S/C20H33N5O.HI/c1-6-9-21-20(22-15-19(26)23(4)5)25-12-10-24(11-13-25)18-14-16(2)7-8-17(18)3;/h7-8,14H,6,9-13,15H2,1-5H3,(H,21,22);1H. The van der Waals surface area contributed by atoms with Crippen LogP contribution in [0.5, 0.6) is 0 Å². The van der Waals surface area contributed by atoms with Crippen molar-refractivity contribution in [1.29, 1.82) is 0 Å². The number of aryl methyl sites for hydroxylation is 2. The van der Waals surface area contributed by atoms with Crippen LogP contribution in [0.2, 0.25) is 0 Å². The molecule has 1 aromatic rings. The number of rotatable bonds is 5. The molecule has 7 heteroatoms. The number of hydrogen-bond acceptors (Lipinski definition) is 3. The van der Waals surface area contributed by atoms with E-state index in [1.54, 1.807) is 19.0 Å². The molecule has 1 aliphatic rings. The summed E-state index contributed by atoms with van der Waals surface area (Å²) in [4.78, 5) is 22.7. The monoisotopic (exact) mass is 487 g/mol. The van der Waals surface area contributed by atoms with Gasteiger partial charge in [0.25, 0.3) is 0 Å². The number of guanidine groups is 1. The molecule has 1 fully saturated rings. The third-order valence-electron chi connectivity index (χ3n) is 4.68. The number of amides is 1. The summed E-state index contributed by atoms with van der Waals surface area (Å²) < 4.78 is 0. The Morgan fingerprint density at radius 1 is 1.19 bits per heavy atom. The lowest BCUT2D eigenvalue weighted by Gasteiger charge is -2.38. The van der Waals surface area contributed by atoms with Gasteiger partial charge in [-0.1, -0.05) is 19.1 Å². The van der Waals surface area contributed by atoms with Crippen molar-refractivity contribution in [2.45, 2.75) is 27.2 Å². The van der Waals surface area contributed by atoms with E-state index >= 15 is 0 Å². The number of carbonyl (C=O) groups is 1. The predicted molar refractivity (Wildman–Crippen MR) is 124 cm³/mol. The summed E-state index contributed by atoms with van der Waals surface area (Å²) in [7, 11) is 3.53. The molecule has 0 spiro atoms. The lowest BCUT2D eigenvalue weighted by Crippen LogP contribution is -2.53. The number of piperazine rings is 1. The molecular weight excluding hydrogens is 453 g/mol. The molecular formula is C20H34IN5O. The number of halogens is 1. The summed E-state index contributed by atoms with van der Waals surface area (Å²) in [6, 6.07) is 6.63. The first-order valence-corrected chi connectivity index (χ1v) is 9.48. The topological polar surface area (TPSA) is 51.2 Å². The quantitative estimate of drug-likeness (QED) is 0.394. The van der Waals surface area contributed by atoms with Gasteiger partial charge in [0.2, 0.25) is 5.91 Å². The average molecular weight is 487 g/mol. The Kier molecular flexibility index (Phi) is 9.90. The van der Waals surface area contributed by atoms with E-state index in [0.717, 1.165) is 45.1 Å². The minimum Gasteiger partial charge on any atom is -0.368 e. The van der Waals surface area contributed by atoms with Gasteiger partial charge in [0.15, 0.2) is 5.96 Å². The van der Waals surface area contributed by atoms with E-state index in [2.05, 4.69) is 59.1 Å². The third-order valence-corrected chi connectivity index (χ3v) is 4.68. The van der Waals surface area contributed by atoms with Crippen LogP contribution < -0.4 is 10.2 Å². The molecule has 0 bridgehead atoms. The molecule has 0 unspecified atom stereocenters. The van der Waals surface area contributed by atoms with Crippen molar-refractivity contribution >= 4 is 41.5 Å². The Labute approximate surface area is 181 Å². The summed E-state index contributed by atoms with van der Waals surface area (Å²) >= 11 is 0. The molecule has 152 valence electrons. The highest BCUT2D eigenvalue weighted by molar-refractivity contribution is 14.0. The number of aliphatic imine (C=N–C) groups is 1. The van der Waals surface area contributed by atoms with Crippen LogP contribution in [0.4, 0.5) is 5.69 Å². The SMILES string of the molecule is CCCNC(=NCC(=O)N(C)C)N1CCN(c2cc(C)ccc2C)CC1.I. The number of likely N-dealkylation sites (N-methyl/N-ethyl adjacent to an activating group) is 1. The van der Waals surface area contributed by atoms with E-state index in [1.807, 2.05) is 0 Å². The van der Waals surface area contributed by atoms with Crippen molar-refractivity contribution < 1.29 is 4.79 Å². The van der Waals surface area contributed by atoms with Crippen molar-refractivity contribution in [2.24, 2.45) is 4.99 Å². The van der Waals surface area contributed by atoms with Crippen LogP contribution >= 0.6 is 24.0 Å². The second kappa shape index (κ2) is 11.4. The Morgan fingerprint density at radius 3 is 2.44 bits per heavy atom. The molecule has 0 atom stereocenters. The van der Waals surface area contributed by atoms with E-state index in [-0.39, 0.29) is 36.4 Å². The normalized spacial score (nSPS) is 14.6. The largest absolute Gasteiger partial charge is 0.368 e. The maximum atomic E-state index is 11.9. The van der Waals surface area contributed by atoms with Gasteiger partial charge in [-0.05, 0) is 37.5 Å². The van der Waals surface area contributed by atoms with E-state index < -0.39 is 0 Å². The summed E-state index contributed by atoms with van der Waals surface area (Å²) in [6.07, 6.45) is 1.03. The highest BCUT2D eigenvalue weighted by Crippen LogP contribution is 2.22. The first-order valence-electron chi connectivity index (χ1n) is 9.48. The molecule has 0 radical (unpaired) electrons. The molecule has 1 amide bonds. The smallest absolute Gasteiger partial charge is 0.243 e. The molecule has 6 nitrogen and oxygen atoms in total. The number of anilines is 1. The Hall–Kier alpha value is -1.51. The molecule has 0 aromatic heterocycles. The molecule has 0 saturated carbocycles. The van der Waals surface area contributed by atoms with Gasteiger partial charge in [-0.2, -0.15) is 0 Å². The minimum absolute atomic E-state index is 0. The van der Waals surface area contributed by atoms with E-state index in [9.17, 15) is 4.79 Å². The zero-order chi connectivity index (χ0) is 19.1. The maximum Gasteiger partial charge on any atom is 0.243 e. The van der Waals surface area contributed by atoms with Crippen LogP contribution in [0.25, 0.3) is 0 Å². The third kappa shape index (κ3) is 6.86. The second-order valence-electron chi connectivity index (χ2n) is 7.12. The van der Waals surface area contributed by atoms with E-state index in [0.29, 0.717) is 0 Å². The fourth-order valence-corrected chi connectivity index (χ4v) is 3.01. The maximum absolute atomic E-state index is 11.9. The van der Waals surface area contributed by atoms with Crippen LogP contribution in [-0.4, -0.2) is 75.0 Å². The van der Waals surface area contributed by atoms with Crippen molar-refractivity contribution in [3.05, 3.63) is 29.3 Å². The van der Waals surface area contributed by atoms with Crippen molar-refractivity contribution in [3.8, 4) is 0 Å². The highest BCUT2D eigenvalue weighted by Gasteiger charge is 2.21. The van der Waals surface area contributed by atoms with Crippen LogP contribution in [0, 0.1) is 13.8 Å². The van der Waals surface area contributed by atoms with Crippen molar-refractivity contribution in [1.82, 2.24) is 15.1 Å². The van der Waals surface area contributed by atoms with Gasteiger partial charge in [0, 0.05) is 52.5 Å². The zero-order valence-electron chi connectivity index (χ0n) is 17.3. The molecule has 1 aromatic carbocycles. The number of carbonyl (C=O) groups excluding carboxylic acids is 1. The first-order chi connectivity index (χ1) is 12.4. The molecule has 1 heterocycles. The van der Waals surface area contributed by atoms with Gasteiger partial charge in [0.1, 0.15) is 6.54 Å².